The first-order valence-electron chi connectivity index (χ1n) is 4.01. The first-order chi connectivity index (χ1) is 5.83. The van der Waals surface area contributed by atoms with Gasteiger partial charge in [-0.25, -0.2) is 0 Å². The molecule has 1 aromatic carbocycles. The molecule has 0 aliphatic rings. The minimum absolute atomic E-state index is 0.283. The van der Waals surface area contributed by atoms with Gasteiger partial charge in [0, 0.05) is 0 Å². The number of hydrogen-bond donors (Lipinski definition) is 0. The highest BCUT2D eigenvalue weighted by atomic mass is 32.2. The highest BCUT2D eigenvalue weighted by Crippen LogP contribution is 2.10. The minimum Gasteiger partial charge on any atom is -0.363 e. The second-order valence-corrected chi connectivity index (χ2v) is 3.74. The first kappa shape index (κ1) is 9.62. The smallest absolute Gasteiger partial charge is 0.100 e. The van der Waals surface area contributed by atoms with Gasteiger partial charge >= 0.3 is 0 Å². The van der Waals surface area contributed by atoms with Gasteiger partial charge in [-0.1, -0.05) is 30.3 Å². The van der Waals surface area contributed by atoms with Gasteiger partial charge in [0.2, 0.25) is 0 Å². The molecule has 66 valence electrons. The fraction of sp³-hybridized carbons (Fsp3) is 0.400. The lowest BCUT2D eigenvalue weighted by Gasteiger charge is -2.09. The Kier molecular flexibility index (Phi) is 4.19. The second kappa shape index (κ2) is 5.22. The fourth-order valence-electron chi connectivity index (χ4n) is 0.856. The third kappa shape index (κ3) is 3.28. The van der Waals surface area contributed by atoms with Gasteiger partial charge in [-0.05, 0) is 18.7 Å². The molecule has 1 atom stereocenters. The Morgan fingerprint density at radius 1 is 1.33 bits per heavy atom. The Hall–Kier alpha value is -0.470. The Morgan fingerprint density at radius 2 is 2.00 bits per heavy atom. The summed E-state index contributed by atoms with van der Waals surface area (Å²) in [6.07, 6.45) is 2.05. The summed E-state index contributed by atoms with van der Waals surface area (Å²) in [6.45, 7) is 2.77. The average molecular weight is 182 g/mol. The van der Waals surface area contributed by atoms with Gasteiger partial charge in [0.1, 0.15) is 5.44 Å². The normalized spacial score (nSPS) is 12.8. The van der Waals surface area contributed by atoms with Crippen LogP contribution in [0.15, 0.2) is 30.3 Å². The van der Waals surface area contributed by atoms with E-state index in [9.17, 15) is 0 Å². The maximum Gasteiger partial charge on any atom is 0.100 e. The summed E-state index contributed by atoms with van der Waals surface area (Å²) in [4.78, 5) is 0. The summed E-state index contributed by atoms with van der Waals surface area (Å²) in [5, 5.41) is 0. The summed E-state index contributed by atoms with van der Waals surface area (Å²) in [5.74, 6) is 0. The van der Waals surface area contributed by atoms with Crippen LogP contribution in [0.25, 0.3) is 0 Å². The number of benzene rings is 1. The molecule has 1 aromatic rings. The van der Waals surface area contributed by atoms with Crippen LogP contribution in [0, 0.1) is 0 Å². The summed E-state index contributed by atoms with van der Waals surface area (Å²) in [7, 11) is 0. The maximum absolute atomic E-state index is 5.54. The van der Waals surface area contributed by atoms with Crippen LogP contribution in [-0.4, -0.2) is 11.7 Å². The van der Waals surface area contributed by atoms with Crippen LogP contribution in [0.1, 0.15) is 12.5 Å². The number of ether oxygens (including phenoxy) is 1. The predicted molar refractivity (Wildman–Crippen MR) is 54.2 cm³/mol. The molecule has 1 nitrogen and oxygen atoms in total. The second-order valence-electron chi connectivity index (χ2n) is 2.60. The molecule has 0 fully saturated rings. The zero-order valence-electron chi connectivity index (χ0n) is 7.49. The Balaban J connectivity index is 2.33. The number of rotatable bonds is 4. The van der Waals surface area contributed by atoms with Crippen molar-refractivity contribution in [3.8, 4) is 0 Å². The van der Waals surface area contributed by atoms with Crippen molar-refractivity contribution < 1.29 is 4.74 Å². The van der Waals surface area contributed by atoms with Crippen LogP contribution in [0.5, 0.6) is 0 Å². The van der Waals surface area contributed by atoms with E-state index < -0.39 is 0 Å². The zero-order chi connectivity index (χ0) is 8.81. The van der Waals surface area contributed by atoms with E-state index in [0.717, 1.165) is 0 Å². The first-order valence-corrected chi connectivity index (χ1v) is 5.30. The third-order valence-electron chi connectivity index (χ3n) is 1.66. The van der Waals surface area contributed by atoms with Crippen LogP contribution in [0.3, 0.4) is 0 Å². The molecule has 0 aliphatic heterocycles. The zero-order valence-corrected chi connectivity index (χ0v) is 8.30. The Labute approximate surface area is 78.1 Å². The Bertz CT molecular complexity index is 210. The fourth-order valence-corrected chi connectivity index (χ4v) is 1.06. The van der Waals surface area contributed by atoms with Gasteiger partial charge in [0.15, 0.2) is 0 Å². The molecule has 0 saturated carbocycles. The van der Waals surface area contributed by atoms with Crippen molar-refractivity contribution in [3.05, 3.63) is 35.9 Å². The van der Waals surface area contributed by atoms with E-state index in [1.165, 1.54) is 5.56 Å². The van der Waals surface area contributed by atoms with Gasteiger partial charge in [0.05, 0.1) is 6.61 Å². The average Bonchev–Trinajstić information content (AvgIpc) is 2.16. The molecular formula is C10H14OS. The molecule has 0 aromatic heterocycles. The molecule has 0 bridgehead atoms. The van der Waals surface area contributed by atoms with E-state index in [0.29, 0.717) is 6.61 Å². The predicted octanol–water partition coefficient (Wildman–Crippen LogP) is 2.91. The lowest BCUT2D eigenvalue weighted by molar-refractivity contribution is 0.111. The lowest BCUT2D eigenvalue weighted by atomic mass is 10.2. The minimum atomic E-state index is 0.283. The molecule has 0 heterocycles. The summed E-state index contributed by atoms with van der Waals surface area (Å²) in [5.41, 5.74) is 1.52. The van der Waals surface area contributed by atoms with E-state index in [-0.39, 0.29) is 5.44 Å². The number of thioether (sulfide) groups is 1. The summed E-state index contributed by atoms with van der Waals surface area (Å²) < 4.78 is 5.54. The van der Waals surface area contributed by atoms with Crippen molar-refractivity contribution in [1.82, 2.24) is 0 Å². The summed E-state index contributed by atoms with van der Waals surface area (Å²) in [6, 6.07) is 10.2. The summed E-state index contributed by atoms with van der Waals surface area (Å²) >= 11 is 1.72. The van der Waals surface area contributed by atoms with Crippen molar-refractivity contribution in [2.75, 3.05) is 6.26 Å². The highest BCUT2D eigenvalue weighted by molar-refractivity contribution is 7.99. The molecule has 0 aliphatic carbocycles. The van der Waals surface area contributed by atoms with E-state index >= 15 is 0 Å². The van der Waals surface area contributed by atoms with Gasteiger partial charge in [-0.2, -0.15) is 0 Å². The van der Waals surface area contributed by atoms with Crippen LogP contribution in [-0.2, 0) is 11.3 Å². The van der Waals surface area contributed by atoms with Gasteiger partial charge in [0.25, 0.3) is 0 Å². The largest absolute Gasteiger partial charge is 0.363 e. The molecule has 0 saturated heterocycles. The Morgan fingerprint density at radius 3 is 2.58 bits per heavy atom. The van der Waals surface area contributed by atoms with E-state index in [1.807, 2.05) is 18.2 Å². The van der Waals surface area contributed by atoms with Gasteiger partial charge in [-0.15, -0.1) is 11.8 Å². The maximum atomic E-state index is 5.54. The molecule has 0 spiro atoms. The van der Waals surface area contributed by atoms with E-state index in [4.69, 9.17) is 4.74 Å². The van der Waals surface area contributed by atoms with Gasteiger partial charge in [-0.3, -0.25) is 0 Å². The van der Waals surface area contributed by atoms with E-state index in [2.05, 4.69) is 25.3 Å². The van der Waals surface area contributed by atoms with Crippen molar-refractivity contribution in [1.29, 1.82) is 0 Å². The molecule has 12 heavy (non-hydrogen) atoms. The molecule has 0 radical (unpaired) electrons. The molecule has 1 unspecified atom stereocenters. The van der Waals surface area contributed by atoms with Crippen molar-refractivity contribution in [2.24, 2.45) is 0 Å². The highest BCUT2D eigenvalue weighted by Gasteiger charge is 1.98. The topological polar surface area (TPSA) is 9.23 Å². The van der Waals surface area contributed by atoms with Crippen molar-refractivity contribution >= 4 is 11.8 Å². The van der Waals surface area contributed by atoms with Crippen molar-refractivity contribution in [2.45, 2.75) is 19.0 Å². The lowest BCUT2D eigenvalue weighted by Crippen LogP contribution is -2.01. The molecular weight excluding hydrogens is 168 g/mol. The molecule has 0 amide bonds. The number of hydrogen-bond acceptors (Lipinski definition) is 2. The molecule has 2 heteroatoms. The van der Waals surface area contributed by atoms with E-state index in [1.54, 1.807) is 11.8 Å². The third-order valence-corrected chi connectivity index (χ3v) is 2.46. The molecule has 0 N–H and O–H groups in total. The van der Waals surface area contributed by atoms with Crippen molar-refractivity contribution in [3.63, 3.8) is 0 Å². The quantitative estimate of drug-likeness (QED) is 0.662. The monoisotopic (exact) mass is 182 g/mol. The SMILES string of the molecule is CSC(C)OCc1ccccc1. The van der Waals surface area contributed by atoms with Crippen LogP contribution < -0.4 is 0 Å². The standard InChI is InChI=1S/C10H14OS/c1-9(12-2)11-8-10-6-4-3-5-7-10/h3-7,9H,8H2,1-2H3. The van der Waals surface area contributed by atoms with Gasteiger partial charge < -0.3 is 4.74 Å². The van der Waals surface area contributed by atoms with Crippen LogP contribution >= 0.6 is 11.8 Å². The molecule has 1 rings (SSSR count). The van der Waals surface area contributed by atoms with Crippen LogP contribution in [0.2, 0.25) is 0 Å². The van der Waals surface area contributed by atoms with Crippen LogP contribution in [0.4, 0.5) is 0 Å².